The van der Waals surface area contributed by atoms with E-state index in [0.29, 0.717) is 22.5 Å². The van der Waals surface area contributed by atoms with E-state index in [-0.39, 0.29) is 6.42 Å². The van der Waals surface area contributed by atoms with Gasteiger partial charge in [-0.3, -0.25) is 14.6 Å². The fourth-order valence-corrected chi connectivity index (χ4v) is 2.43. The second kappa shape index (κ2) is 7.23. The average molecular weight is 330 g/mol. The number of amides is 2. The fourth-order valence-electron chi connectivity index (χ4n) is 2.43. The number of pyridine rings is 1. The molecular weight excluding hydrogens is 316 g/mol. The molecule has 3 aromatic rings. The molecule has 0 atom stereocenters. The molecule has 0 bridgehead atoms. The van der Waals surface area contributed by atoms with Crippen LogP contribution in [0, 0.1) is 11.3 Å². The van der Waals surface area contributed by atoms with Crippen LogP contribution < -0.4 is 10.6 Å². The van der Waals surface area contributed by atoms with E-state index in [1.807, 2.05) is 30.3 Å². The molecule has 122 valence electrons. The minimum Gasteiger partial charge on any atom is -0.324 e. The Morgan fingerprint density at radius 1 is 0.920 bits per heavy atom. The molecule has 0 aliphatic heterocycles. The number of nitriles is 1. The Hall–Kier alpha value is -3.72. The van der Waals surface area contributed by atoms with E-state index in [1.165, 1.54) is 0 Å². The predicted molar refractivity (Wildman–Crippen MR) is 94.8 cm³/mol. The van der Waals surface area contributed by atoms with Crippen LogP contribution in [0.15, 0.2) is 60.8 Å². The number of anilines is 2. The molecule has 0 saturated carbocycles. The summed E-state index contributed by atoms with van der Waals surface area (Å²) in [6, 6.07) is 17.7. The van der Waals surface area contributed by atoms with Crippen LogP contribution in [-0.2, 0) is 9.59 Å². The number of aromatic nitrogens is 1. The maximum Gasteiger partial charge on any atom is 0.233 e. The van der Waals surface area contributed by atoms with Crippen molar-refractivity contribution in [3.63, 3.8) is 0 Å². The molecule has 2 amide bonds. The van der Waals surface area contributed by atoms with E-state index < -0.39 is 11.8 Å². The van der Waals surface area contributed by atoms with E-state index in [0.717, 1.165) is 5.39 Å². The molecule has 1 heterocycles. The SMILES string of the molecule is N#Cc1ccccc1NC(=O)CC(=O)Nc1cccc2cccnc12. The normalized spacial score (nSPS) is 10.0. The number of nitrogens with zero attached hydrogens (tertiary/aromatic N) is 2. The zero-order valence-electron chi connectivity index (χ0n) is 13.2. The highest BCUT2D eigenvalue weighted by molar-refractivity contribution is 6.10. The number of rotatable bonds is 4. The monoisotopic (exact) mass is 330 g/mol. The van der Waals surface area contributed by atoms with Gasteiger partial charge in [0.1, 0.15) is 12.5 Å². The summed E-state index contributed by atoms with van der Waals surface area (Å²) in [5.74, 6) is -0.946. The van der Waals surface area contributed by atoms with E-state index in [4.69, 9.17) is 5.26 Å². The number of nitrogens with one attached hydrogen (secondary N) is 2. The lowest BCUT2D eigenvalue weighted by Gasteiger charge is -2.09. The summed E-state index contributed by atoms with van der Waals surface area (Å²) in [6.07, 6.45) is 1.28. The number of hydrogen-bond acceptors (Lipinski definition) is 4. The third kappa shape index (κ3) is 3.79. The van der Waals surface area contributed by atoms with Crippen molar-refractivity contribution in [3.8, 4) is 6.07 Å². The molecule has 0 radical (unpaired) electrons. The molecule has 0 aliphatic rings. The highest BCUT2D eigenvalue weighted by Crippen LogP contribution is 2.21. The van der Waals surface area contributed by atoms with Gasteiger partial charge in [0.05, 0.1) is 22.5 Å². The Morgan fingerprint density at radius 3 is 2.40 bits per heavy atom. The van der Waals surface area contributed by atoms with Crippen molar-refractivity contribution in [1.29, 1.82) is 5.26 Å². The van der Waals surface area contributed by atoms with Crippen molar-refractivity contribution in [2.45, 2.75) is 6.42 Å². The molecule has 0 fully saturated rings. The number of fused-ring (bicyclic) bond motifs is 1. The van der Waals surface area contributed by atoms with E-state index >= 15 is 0 Å². The van der Waals surface area contributed by atoms with Gasteiger partial charge in [0.15, 0.2) is 0 Å². The van der Waals surface area contributed by atoms with Crippen molar-refractivity contribution in [2.24, 2.45) is 0 Å². The highest BCUT2D eigenvalue weighted by Gasteiger charge is 2.13. The van der Waals surface area contributed by atoms with Crippen molar-refractivity contribution in [1.82, 2.24) is 4.98 Å². The van der Waals surface area contributed by atoms with Crippen LogP contribution in [0.3, 0.4) is 0 Å². The lowest BCUT2D eigenvalue weighted by atomic mass is 10.2. The number of hydrogen-bond donors (Lipinski definition) is 2. The molecule has 0 saturated heterocycles. The molecule has 3 rings (SSSR count). The molecule has 1 aromatic heterocycles. The molecular formula is C19H14N4O2. The van der Waals surface area contributed by atoms with Crippen LogP contribution in [0.2, 0.25) is 0 Å². The summed E-state index contributed by atoms with van der Waals surface area (Å²) in [4.78, 5) is 28.4. The third-order valence-electron chi connectivity index (χ3n) is 3.55. The lowest BCUT2D eigenvalue weighted by molar-refractivity contribution is -0.123. The number of para-hydroxylation sites is 2. The number of carbonyl (C=O) groups excluding carboxylic acids is 2. The smallest absolute Gasteiger partial charge is 0.233 e. The molecule has 6 nitrogen and oxygen atoms in total. The van der Waals surface area contributed by atoms with Crippen LogP contribution in [0.5, 0.6) is 0 Å². The predicted octanol–water partition coefficient (Wildman–Crippen LogP) is 3.07. The summed E-state index contributed by atoms with van der Waals surface area (Å²) >= 11 is 0. The maximum atomic E-state index is 12.1. The minimum atomic E-state index is -0.492. The second-order valence-corrected chi connectivity index (χ2v) is 5.31. The van der Waals surface area contributed by atoms with Gasteiger partial charge < -0.3 is 10.6 Å². The quantitative estimate of drug-likeness (QED) is 0.719. The van der Waals surface area contributed by atoms with Gasteiger partial charge in [-0.25, -0.2) is 0 Å². The van der Waals surface area contributed by atoms with E-state index in [9.17, 15) is 9.59 Å². The maximum absolute atomic E-state index is 12.1. The summed E-state index contributed by atoms with van der Waals surface area (Å²) in [5.41, 5.74) is 1.94. The molecule has 0 spiro atoms. The van der Waals surface area contributed by atoms with Gasteiger partial charge in [-0.2, -0.15) is 5.26 Å². The van der Waals surface area contributed by atoms with Gasteiger partial charge in [-0.1, -0.05) is 30.3 Å². The van der Waals surface area contributed by atoms with Gasteiger partial charge in [-0.15, -0.1) is 0 Å². The fraction of sp³-hybridized carbons (Fsp3) is 0.0526. The molecule has 6 heteroatoms. The number of benzene rings is 2. The van der Waals surface area contributed by atoms with Crippen molar-refractivity contribution < 1.29 is 9.59 Å². The van der Waals surface area contributed by atoms with Gasteiger partial charge in [0, 0.05) is 11.6 Å². The minimum absolute atomic E-state index is 0.342. The standard InChI is InChI=1S/C19H14N4O2/c20-12-14-5-1-2-8-15(14)22-17(24)11-18(25)23-16-9-3-6-13-7-4-10-21-19(13)16/h1-10H,11H2,(H,22,24)(H,23,25). The van der Waals surface area contributed by atoms with Crippen LogP contribution in [0.1, 0.15) is 12.0 Å². The summed E-state index contributed by atoms with van der Waals surface area (Å²) in [7, 11) is 0. The van der Waals surface area contributed by atoms with Crippen molar-refractivity contribution in [2.75, 3.05) is 10.6 Å². The third-order valence-corrected chi connectivity index (χ3v) is 3.55. The van der Waals surface area contributed by atoms with Crippen LogP contribution in [0.25, 0.3) is 10.9 Å². The first-order chi connectivity index (χ1) is 12.2. The van der Waals surface area contributed by atoms with Gasteiger partial charge in [0.2, 0.25) is 11.8 Å². The van der Waals surface area contributed by atoms with Gasteiger partial charge in [0.25, 0.3) is 0 Å². The topological polar surface area (TPSA) is 94.9 Å². The molecule has 2 aromatic carbocycles. The average Bonchev–Trinajstić information content (AvgIpc) is 2.62. The van der Waals surface area contributed by atoms with E-state index in [2.05, 4.69) is 15.6 Å². The zero-order chi connectivity index (χ0) is 17.6. The first-order valence-corrected chi connectivity index (χ1v) is 7.60. The zero-order valence-corrected chi connectivity index (χ0v) is 13.2. The van der Waals surface area contributed by atoms with Gasteiger partial charge >= 0.3 is 0 Å². The second-order valence-electron chi connectivity index (χ2n) is 5.31. The van der Waals surface area contributed by atoms with Crippen LogP contribution in [0.4, 0.5) is 11.4 Å². The number of carbonyl (C=O) groups is 2. The Kier molecular flexibility index (Phi) is 4.67. The Bertz CT molecular complexity index is 987. The van der Waals surface area contributed by atoms with Crippen molar-refractivity contribution >= 4 is 34.1 Å². The molecule has 2 N–H and O–H groups in total. The van der Waals surface area contributed by atoms with E-state index in [1.54, 1.807) is 36.5 Å². The summed E-state index contributed by atoms with van der Waals surface area (Å²) in [5, 5.41) is 15.2. The van der Waals surface area contributed by atoms with Crippen LogP contribution >= 0.6 is 0 Å². The molecule has 0 aliphatic carbocycles. The first kappa shape index (κ1) is 16.1. The summed E-state index contributed by atoms with van der Waals surface area (Å²) in [6.45, 7) is 0. The largest absolute Gasteiger partial charge is 0.324 e. The Balaban J connectivity index is 1.68. The first-order valence-electron chi connectivity index (χ1n) is 7.60. The molecule has 25 heavy (non-hydrogen) atoms. The molecule has 0 unspecified atom stereocenters. The van der Waals surface area contributed by atoms with Crippen molar-refractivity contribution in [3.05, 3.63) is 66.4 Å². The Labute approximate surface area is 144 Å². The Morgan fingerprint density at radius 2 is 1.60 bits per heavy atom. The van der Waals surface area contributed by atoms with Gasteiger partial charge in [-0.05, 0) is 24.3 Å². The summed E-state index contributed by atoms with van der Waals surface area (Å²) < 4.78 is 0. The lowest BCUT2D eigenvalue weighted by Crippen LogP contribution is -2.22. The van der Waals surface area contributed by atoms with Crippen LogP contribution in [-0.4, -0.2) is 16.8 Å². The highest BCUT2D eigenvalue weighted by atomic mass is 16.2.